The number of carbonyl (C=O) groups excluding carboxylic acids is 1. The molecule has 0 saturated heterocycles. The molecule has 72 valence electrons. The van der Waals surface area contributed by atoms with Crippen LogP contribution in [-0.2, 0) is 9.53 Å². The van der Waals surface area contributed by atoms with Crippen molar-refractivity contribution in [1.82, 2.24) is 5.32 Å². The molecule has 0 fully saturated rings. The second-order valence-electron chi connectivity index (χ2n) is 2.82. The third-order valence-electron chi connectivity index (χ3n) is 1.51. The lowest BCUT2D eigenvalue weighted by molar-refractivity contribution is -0.121. The maximum atomic E-state index is 11.0. The first-order chi connectivity index (χ1) is 5.70. The number of carbonyl (C=O) groups is 1. The van der Waals surface area contributed by atoms with E-state index in [2.05, 4.69) is 5.32 Å². The fourth-order valence-corrected chi connectivity index (χ4v) is 0.916. The molecule has 0 bridgehead atoms. The van der Waals surface area contributed by atoms with Crippen LogP contribution in [0.5, 0.6) is 0 Å². The topological polar surface area (TPSA) is 38.3 Å². The summed E-state index contributed by atoms with van der Waals surface area (Å²) in [5.74, 6) is 0.115. The molecule has 0 aromatic carbocycles. The van der Waals surface area contributed by atoms with Crippen LogP contribution in [0.3, 0.4) is 0 Å². The number of ether oxygens (including phenoxy) is 1. The molecule has 1 unspecified atom stereocenters. The van der Waals surface area contributed by atoms with Gasteiger partial charge in [-0.1, -0.05) is 6.92 Å². The Hall–Kier alpha value is -0.570. The third-order valence-corrected chi connectivity index (χ3v) is 1.51. The number of rotatable bonds is 6. The van der Waals surface area contributed by atoms with E-state index in [9.17, 15) is 4.79 Å². The van der Waals surface area contributed by atoms with Gasteiger partial charge in [-0.05, 0) is 20.3 Å². The molecular formula is C9H19NO2. The van der Waals surface area contributed by atoms with Gasteiger partial charge in [0, 0.05) is 19.6 Å². The maximum Gasteiger partial charge on any atom is 0.220 e. The SMILES string of the molecule is CCCC(=O)NCC(C)OCC. The van der Waals surface area contributed by atoms with Crippen LogP contribution in [0.1, 0.15) is 33.6 Å². The van der Waals surface area contributed by atoms with E-state index in [4.69, 9.17) is 4.74 Å². The summed E-state index contributed by atoms with van der Waals surface area (Å²) in [6.45, 7) is 7.21. The number of nitrogens with one attached hydrogen (secondary N) is 1. The van der Waals surface area contributed by atoms with Gasteiger partial charge in [-0.25, -0.2) is 0 Å². The van der Waals surface area contributed by atoms with Crippen molar-refractivity contribution in [3.05, 3.63) is 0 Å². The molecule has 0 aromatic rings. The first-order valence-electron chi connectivity index (χ1n) is 4.59. The molecule has 0 radical (unpaired) electrons. The van der Waals surface area contributed by atoms with E-state index in [0.29, 0.717) is 19.6 Å². The minimum Gasteiger partial charge on any atom is -0.377 e. The first kappa shape index (κ1) is 11.4. The largest absolute Gasteiger partial charge is 0.377 e. The predicted molar refractivity (Wildman–Crippen MR) is 49.0 cm³/mol. The fraction of sp³-hybridized carbons (Fsp3) is 0.889. The van der Waals surface area contributed by atoms with E-state index in [1.165, 1.54) is 0 Å². The molecule has 0 heterocycles. The standard InChI is InChI=1S/C9H19NO2/c1-4-6-9(11)10-7-8(3)12-5-2/h8H,4-7H2,1-3H3,(H,10,11). The molecule has 3 nitrogen and oxygen atoms in total. The quantitative estimate of drug-likeness (QED) is 0.658. The van der Waals surface area contributed by atoms with Crippen molar-refractivity contribution in [3.63, 3.8) is 0 Å². The average Bonchev–Trinajstić information content (AvgIpc) is 2.02. The summed E-state index contributed by atoms with van der Waals surface area (Å²) in [5, 5.41) is 2.80. The summed E-state index contributed by atoms with van der Waals surface area (Å²) in [6.07, 6.45) is 1.63. The summed E-state index contributed by atoms with van der Waals surface area (Å²) in [5.41, 5.74) is 0. The fourth-order valence-electron chi connectivity index (χ4n) is 0.916. The van der Waals surface area contributed by atoms with Gasteiger partial charge in [-0.3, -0.25) is 4.79 Å². The van der Waals surface area contributed by atoms with Crippen LogP contribution in [0, 0.1) is 0 Å². The molecule has 0 aliphatic carbocycles. The van der Waals surface area contributed by atoms with Gasteiger partial charge in [0.15, 0.2) is 0 Å². The highest BCUT2D eigenvalue weighted by Crippen LogP contribution is 1.89. The minimum absolute atomic E-state index is 0.115. The molecule has 0 spiro atoms. The van der Waals surface area contributed by atoms with E-state index < -0.39 is 0 Å². The molecule has 0 aliphatic heterocycles. The average molecular weight is 173 g/mol. The zero-order chi connectivity index (χ0) is 9.40. The van der Waals surface area contributed by atoms with Crippen LogP contribution in [0.4, 0.5) is 0 Å². The van der Waals surface area contributed by atoms with E-state index in [0.717, 1.165) is 6.42 Å². The Labute approximate surface area is 74.5 Å². The van der Waals surface area contributed by atoms with Crippen LogP contribution in [0.15, 0.2) is 0 Å². The zero-order valence-electron chi connectivity index (χ0n) is 8.22. The molecule has 0 saturated carbocycles. The van der Waals surface area contributed by atoms with Gasteiger partial charge in [0.1, 0.15) is 0 Å². The number of amides is 1. The second-order valence-corrected chi connectivity index (χ2v) is 2.82. The van der Waals surface area contributed by atoms with Crippen LogP contribution in [0.25, 0.3) is 0 Å². The van der Waals surface area contributed by atoms with Gasteiger partial charge >= 0.3 is 0 Å². The van der Waals surface area contributed by atoms with Gasteiger partial charge < -0.3 is 10.1 Å². The zero-order valence-corrected chi connectivity index (χ0v) is 8.22. The van der Waals surface area contributed by atoms with Crippen molar-refractivity contribution in [2.75, 3.05) is 13.2 Å². The highest BCUT2D eigenvalue weighted by Gasteiger charge is 2.03. The normalized spacial score (nSPS) is 12.6. The van der Waals surface area contributed by atoms with E-state index in [-0.39, 0.29) is 12.0 Å². The van der Waals surface area contributed by atoms with Crippen LogP contribution in [0.2, 0.25) is 0 Å². The Morgan fingerprint density at radius 1 is 1.50 bits per heavy atom. The van der Waals surface area contributed by atoms with E-state index in [1.807, 2.05) is 20.8 Å². The minimum atomic E-state index is 0.115. The molecule has 3 heteroatoms. The summed E-state index contributed by atoms with van der Waals surface area (Å²) < 4.78 is 5.26. The van der Waals surface area contributed by atoms with Crippen molar-refractivity contribution < 1.29 is 9.53 Å². The van der Waals surface area contributed by atoms with Crippen molar-refractivity contribution in [2.24, 2.45) is 0 Å². The van der Waals surface area contributed by atoms with Crippen molar-refractivity contribution in [3.8, 4) is 0 Å². The Bertz CT molecular complexity index is 126. The van der Waals surface area contributed by atoms with E-state index >= 15 is 0 Å². The van der Waals surface area contributed by atoms with Gasteiger partial charge in [-0.2, -0.15) is 0 Å². The Morgan fingerprint density at radius 2 is 2.17 bits per heavy atom. The lowest BCUT2D eigenvalue weighted by atomic mass is 10.3. The summed E-state index contributed by atoms with van der Waals surface area (Å²) in [6, 6.07) is 0. The first-order valence-corrected chi connectivity index (χ1v) is 4.59. The van der Waals surface area contributed by atoms with Gasteiger partial charge in [0.05, 0.1) is 6.10 Å². The summed E-state index contributed by atoms with van der Waals surface area (Å²) >= 11 is 0. The summed E-state index contributed by atoms with van der Waals surface area (Å²) in [4.78, 5) is 11.0. The Kier molecular flexibility index (Phi) is 6.76. The van der Waals surface area contributed by atoms with Crippen LogP contribution in [-0.4, -0.2) is 25.2 Å². The van der Waals surface area contributed by atoms with Crippen LogP contribution >= 0.6 is 0 Å². The highest BCUT2D eigenvalue weighted by atomic mass is 16.5. The molecule has 0 aromatic heterocycles. The smallest absolute Gasteiger partial charge is 0.220 e. The maximum absolute atomic E-state index is 11.0. The molecule has 0 rings (SSSR count). The monoisotopic (exact) mass is 173 g/mol. The molecule has 0 aliphatic rings. The Balaban J connectivity index is 3.33. The van der Waals surface area contributed by atoms with Crippen molar-refractivity contribution in [1.29, 1.82) is 0 Å². The Morgan fingerprint density at radius 3 is 2.67 bits per heavy atom. The molecular weight excluding hydrogens is 154 g/mol. The molecule has 1 N–H and O–H groups in total. The number of hydrogen-bond donors (Lipinski definition) is 1. The van der Waals surface area contributed by atoms with Gasteiger partial charge in [0.25, 0.3) is 0 Å². The molecule has 1 amide bonds. The van der Waals surface area contributed by atoms with Crippen LogP contribution < -0.4 is 5.32 Å². The lowest BCUT2D eigenvalue weighted by Gasteiger charge is -2.11. The molecule has 1 atom stereocenters. The lowest BCUT2D eigenvalue weighted by Crippen LogP contribution is -2.31. The van der Waals surface area contributed by atoms with Gasteiger partial charge in [0.2, 0.25) is 5.91 Å². The van der Waals surface area contributed by atoms with E-state index in [1.54, 1.807) is 0 Å². The molecule has 12 heavy (non-hydrogen) atoms. The third kappa shape index (κ3) is 6.16. The van der Waals surface area contributed by atoms with Crippen molar-refractivity contribution in [2.45, 2.75) is 39.7 Å². The highest BCUT2D eigenvalue weighted by molar-refractivity contribution is 5.75. The number of hydrogen-bond acceptors (Lipinski definition) is 2. The van der Waals surface area contributed by atoms with Crippen molar-refractivity contribution >= 4 is 5.91 Å². The predicted octanol–water partition coefficient (Wildman–Crippen LogP) is 1.33. The second kappa shape index (κ2) is 7.10. The van der Waals surface area contributed by atoms with Gasteiger partial charge in [-0.15, -0.1) is 0 Å². The summed E-state index contributed by atoms with van der Waals surface area (Å²) in [7, 11) is 0.